The van der Waals surface area contributed by atoms with Crippen molar-refractivity contribution in [1.29, 1.82) is 0 Å². The smallest absolute Gasteiger partial charge is 0.315 e. The van der Waals surface area contributed by atoms with Gasteiger partial charge in [0.25, 0.3) is 0 Å². The number of hydrogen-bond donors (Lipinski definition) is 4. The van der Waals surface area contributed by atoms with Crippen LogP contribution in [0.1, 0.15) is 39.5 Å². The average molecular weight is 375 g/mol. The summed E-state index contributed by atoms with van der Waals surface area (Å²) in [6.07, 6.45) is 0.386. The van der Waals surface area contributed by atoms with Crippen molar-refractivity contribution < 1.29 is 37.4 Å². The Morgan fingerprint density at radius 3 is 1.91 bits per heavy atom. The highest BCUT2D eigenvalue weighted by Gasteiger charge is 2.33. The average Bonchev–Trinajstić information content (AvgIpc) is 2.39. The second-order valence-electron chi connectivity index (χ2n) is 6.00. The molecule has 1 aliphatic carbocycles. The molecule has 0 radical (unpaired) electrons. The summed E-state index contributed by atoms with van der Waals surface area (Å²) in [7, 11) is -6.92. The van der Waals surface area contributed by atoms with Crippen LogP contribution < -0.4 is 5.32 Å². The summed E-state index contributed by atoms with van der Waals surface area (Å²) < 4.78 is 37.5. The van der Waals surface area contributed by atoms with E-state index in [0.717, 1.165) is 0 Å². The van der Waals surface area contributed by atoms with E-state index < -0.39 is 27.9 Å². The molecule has 1 aliphatic rings. The van der Waals surface area contributed by atoms with E-state index in [0.29, 0.717) is 25.7 Å². The minimum atomic E-state index is -4.51. The van der Waals surface area contributed by atoms with E-state index in [1.807, 2.05) is 13.8 Å². The molecule has 0 amide bonds. The van der Waals surface area contributed by atoms with Crippen LogP contribution in [0.15, 0.2) is 0 Å². The van der Waals surface area contributed by atoms with Crippen LogP contribution >= 0.6 is 15.6 Å². The number of nitrogens with one attached hydrogen (secondary N) is 1. The van der Waals surface area contributed by atoms with Gasteiger partial charge in [-0.25, -0.2) is 9.13 Å². The number of hydrogen-bond acceptors (Lipinski definition) is 6. The Hall–Kier alpha value is 0.180. The van der Waals surface area contributed by atoms with E-state index >= 15 is 0 Å². The first-order valence-electron chi connectivity index (χ1n) is 7.59. The molecule has 1 rings (SSSR count). The lowest BCUT2D eigenvalue weighted by atomic mass is 9.95. The molecule has 0 heterocycles. The van der Waals surface area contributed by atoms with E-state index in [4.69, 9.17) is 18.8 Å². The van der Waals surface area contributed by atoms with Crippen molar-refractivity contribution in [2.24, 2.45) is 5.92 Å². The van der Waals surface area contributed by atoms with Crippen LogP contribution in [0.5, 0.6) is 0 Å². The van der Waals surface area contributed by atoms with Gasteiger partial charge < -0.3 is 20.0 Å². The molecule has 2 unspecified atom stereocenters. The molecule has 11 heteroatoms. The van der Waals surface area contributed by atoms with Gasteiger partial charge in [-0.15, -0.1) is 0 Å². The van der Waals surface area contributed by atoms with Crippen LogP contribution in [0.2, 0.25) is 0 Å². The van der Waals surface area contributed by atoms with Gasteiger partial charge in [-0.1, -0.05) is 13.8 Å². The van der Waals surface area contributed by atoms with Crippen LogP contribution in [0, 0.1) is 5.92 Å². The van der Waals surface area contributed by atoms with E-state index in [2.05, 4.69) is 9.84 Å². The Balaban J connectivity index is 2.38. The predicted octanol–water partition coefficient (Wildman–Crippen LogP) is 1.78. The second kappa shape index (κ2) is 9.04. The lowest BCUT2D eigenvalue weighted by Gasteiger charge is -2.29. The summed E-state index contributed by atoms with van der Waals surface area (Å²) in [5.74, 6) is 0.236. The van der Waals surface area contributed by atoms with Crippen LogP contribution in [0.25, 0.3) is 0 Å². The molecule has 9 nitrogen and oxygen atoms in total. The van der Waals surface area contributed by atoms with Crippen LogP contribution in [-0.2, 0) is 22.7 Å². The molecule has 23 heavy (non-hydrogen) atoms. The number of phosphoric ester groups is 2. The third-order valence-electron chi connectivity index (χ3n) is 3.78. The first-order valence-corrected chi connectivity index (χ1v) is 10.6. The van der Waals surface area contributed by atoms with Gasteiger partial charge >= 0.3 is 15.6 Å². The molecule has 0 saturated heterocycles. The van der Waals surface area contributed by atoms with E-state index in [-0.39, 0.29) is 18.6 Å². The highest BCUT2D eigenvalue weighted by atomic mass is 31.2. The second-order valence-corrected chi connectivity index (χ2v) is 8.60. The first kappa shape index (κ1) is 21.2. The van der Waals surface area contributed by atoms with Gasteiger partial charge in [0.15, 0.2) is 0 Å². The fraction of sp³-hybridized carbons (Fsp3) is 1.00. The topological polar surface area (TPSA) is 135 Å². The standard InChI is InChI=1S/C12H27NO8P2/c1-9(2)12(13-3)8-19-23(17,18)21-11-6-4-10(5-7-11)20-22(14,15)16/h9-13H,4-8H2,1-3H3,(H,17,18)(H2,14,15,16). The van der Waals surface area contributed by atoms with E-state index in [1.165, 1.54) is 0 Å². The van der Waals surface area contributed by atoms with Gasteiger partial charge in [0.05, 0.1) is 18.8 Å². The minimum Gasteiger partial charge on any atom is -0.315 e. The maximum Gasteiger partial charge on any atom is 0.472 e. The minimum absolute atomic E-state index is 0.0542. The lowest BCUT2D eigenvalue weighted by molar-refractivity contribution is 0.0344. The van der Waals surface area contributed by atoms with Crippen LogP contribution in [-0.4, -0.2) is 46.6 Å². The number of likely N-dealkylation sites (N-methyl/N-ethyl adjacent to an activating group) is 1. The molecule has 0 bridgehead atoms. The quantitative estimate of drug-likeness (QED) is 0.445. The summed E-state index contributed by atoms with van der Waals surface area (Å²) in [5, 5.41) is 3.00. The zero-order valence-electron chi connectivity index (χ0n) is 13.6. The maximum atomic E-state index is 12.0. The Morgan fingerprint density at radius 2 is 1.52 bits per heavy atom. The molecule has 0 aliphatic heterocycles. The molecule has 0 aromatic rings. The molecular formula is C12H27NO8P2. The molecule has 0 spiro atoms. The fourth-order valence-corrected chi connectivity index (χ4v) is 4.04. The Bertz CT molecular complexity index is 446. The number of rotatable bonds is 9. The van der Waals surface area contributed by atoms with Gasteiger partial charge in [-0.2, -0.15) is 0 Å². The first-order chi connectivity index (χ1) is 10.5. The zero-order valence-corrected chi connectivity index (χ0v) is 15.4. The molecule has 1 fully saturated rings. The van der Waals surface area contributed by atoms with E-state index in [1.54, 1.807) is 7.05 Å². The molecule has 1 saturated carbocycles. The number of phosphoric acid groups is 2. The summed E-state index contributed by atoms with van der Waals surface area (Å²) >= 11 is 0. The SMILES string of the molecule is CNC(COP(=O)(O)OC1CCC(OP(=O)(O)O)CC1)C(C)C. The Morgan fingerprint density at radius 1 is 1.04 bits per heavy atom. The molecule has 2 atom stereocenters. The largest absolute Gasteiger partial charge is 0.472 e. The van der Waals surface area contributed by atoms with Crippen molar-refractivity contribution in [3.8, 4) is 0 Å². The highest BCUT2D eigenvalue weighted by molar-refractivity contribution is 7.47. The van der Waals surface area contributed by atoms with Crippen LogP contribution in [0.4, 0.5) is 0 Å². The third kappa shape index (κ3) is 8.72. The monoisotopic (exact) mass is 375 g/mol. The maximum absolute atomic E-state index is 12.0. The summed E-state index contributed by atoms with van der Waals surface area (Å²) in [6.45, 7) is 3.99. The third-order valence-corrected chi connectivity index (χ3v) is 5.40. The van der Waals surface area contributed by atoms with Gasteiger partial charge in [-0.3, -0.25) is 13.6 Å². The predicted molar refractivity (Wildman–Crippen MR) is 83.7 cm³/mol. The van der Waals surface area contributed by atoms with Crippen molar-refractivity contribution in [3.63, 3.8) is 0 Å². The summed E-state index contributed by atoms with van der Waals surface area (Å²) in [5.41, 5.74) is 0. The normalized spacial score (nSPS) is 26.9. The molecule has 138 valence electrons. The summed E-state index contributed by atoms with van der Waals surface area (Å²) in [6, 6.07) is -0.0635. The van der Waals surface area contributed by atoms with Crippen molar-refractivity contribution in [3.05, 3.63) is 0 Å². The van der Waals surface area contributed by atoms with Gasteiger partial charge in [0.2, 0.25) is 0 Å². The van der Waals surface area contributed by atoms with E-state index in [9.17, 15) is 14.0 Å². The van der Waals surface area contributed by atoms with Gasteiger partial charge in [0.1, 0.15) is 0 Å². The molecule has 4 N–H and O–H groups in total. The molecule has 0 aromatic heterocycles. The van der Waals surface area contributed by atoms with Crippen LogP contribution in [0.3, 0.4) is 0 Å². The zero-order chi connectivity index (χ0) is 17.7. The van der Waals surface area contributed by atoms with Crippen molar-refractivity contribution in [2.45, 2.75) is 57.8 Å². The Kier molecular flexibility index (Phi) is 8.34. The van der Waals surface area contributed by atoms with Crippen molar-refractivity contribution in [1.82, 2.24) is 5.32 Å². The molecular weight excluding hydrogens is 348 g/mol. The Labute approximate surface area is 136 Å². The van der Waals surface area contributed by atoms with Crippen molar-refractivity contribution >= 4 is 15.6 Å². The lowest BCUT2D eigenvalue weighted by Crippen LogP contribution is -2.35. The summed E-state index contributed by atoms with van der Waals surface area (Å²) in [4.78, 5) is 27.3. The van der Waals surface area contributed by atoms with Crippen molar-refractivity contribution in [2.75, 3.05) is 13.7 Å². The highest BCUT2D eigenvalue weighted by Crippen LogP contribution is 2.48. The molecule has 0 aromatic carbocycles. The van der Waals surface area contributed by atoms with Gasteiger partial charge in [-0.05, 0) is 38.6 Å². The van der Waals surface area contributed by atoms with Gasteiger partial charge in [0, 0.05) is 6.04 Å². The fourth-order valence-electron chi connectivity index (χ4n) is 2.44.